The standard InChI is InChI=1S/C22H23F2N9O3/c1-22(23,24)12-5-14(33-9-17(34)31(2)21(33)36)19-28-13(8-32(19)7-12)18(25)29-15-6-16(27-10-26-15)30-20(35)11-3-4-11/h5-8,10-11,18H,3-4,9,25H2,1-2H3,(H2,26,27,29,30,35)/t18-/m0/s1. The van der Waals surface area contributed by atoms with E-state index in [9.17, 15) is 23.2 Å². The summed E-state index contributed by atoms with van der Waals surface area (Å²) >= 11 is 0. The van der Waals surface area contributed by atoms with E-state index >= 15 is 0 Å². The lowest BCUT2D eigenvalue weighted by molar-refractivity contribution is -0.124. The normalized spacial score (nSPS) is 17.1. The number of nitrogens with two attached hydrogens (primary N) is 1. The van der Waals surface area contributed by atoms with Crippen LogP contribution in [0.4, 0.5) is 30.9 Å². The molecule has 12 nitrogen and oxygen atoms in total. The second-order valence-corrected chi connectivity index (χ2v) is 8.89. The van der Waals surface area contributed by atoms with Gasteiger partial charge in [-0.05, 0) is 18.9 Å². The lowest BCUT2D eigenvalue weighted by Crippen LogP contribution is -2.30. The summed E-state index contributed by atoms with van der Waals surface area (Å²) < 4.78 is 29.8. The van der Waals surface area contributed by atoms with E-state index in [0.29, 0.717) is 11.6 Å². The van der Waals surface area contributed by atoms with Crippen molar-refractivity contribution in [3.05, 3.63) is 42.1 Å². The second kappa shape index (κ2) is 8.48. The summed E-state index contributed by atoms with van der Waals surface area (Å²) in [4.78, 5) is 51.2. The number of anilines is 3. The molecule has 1 saturated heterocycles. The van der Waals surface area contributed by atoms with Gasteiger partial charge >= 0.3 is 6.03 Å². The Balaban J connectivity index is 1.45. The van der Waals surface area contributed by atoms with Crippen LogP contribution in [0.3, 0.4) is 0 Å². The maximum atomic E-state index is 14.2. The van der Waals surface area contributed by atoms with Gasteiger partial charge in [-0.2, -0.15) is 0 Å². The van der Waals surface area contributed by atoms with Crippen molar-refractivity contribution < 1.29 is 23.2 Å². The van der Waals surface area contributed by atoms with E-state index in [1.54, 1.807) is 0 Å². The molecular weight excluding hydrogens is 476 g/mol. The number of fused-ring (bicyclic) bond motifs is 1. The molecule has 0 spiro atoms. The Morgan fingerprint density at radius 1 is 1.19 bits per heavy atom. The van der Waals surface area contributed by atoms with Crippen molar-refractivity contribution >= 4 is 40.8 Å². The molecule has 1 aliphatic heterocycles. The maximum absolute atomic E-state index is 14.2. The molecule has 4 heterocycles. The van der Waals surface area contributed by atoms with E-state index in [-0.39, 0.29) is 41.0 Å². The van der Waals surface area contributed by atoms with E-state index in [2.05, 4.69) is 25.6 Å². The number of amides is 4. The molecule has 0 aromatic carbocycles. The number of imide groups is 1. The van der Waals surface area contributed by atoms with Gasteiger partial charge in [-0.1, -0.05) is 0 Å². The fraction of sp³-hybridized carbons (Fsp3) is 0.364. The van der Waals surface area contributed by atoms with Gasteiger partial charge in [-0.15, -0.1) is 0 Å². The first kappa shape index (κ1) is 23.5. The maximum Gasteiger partial charge on any atom is 0.331 e. The molecular formula is C22H23F2N9O3. The molecule has 0 unspecified atom stereocenters. The van der Waals surface area contributed by atoms with Crippen LogP contribution in [0.2, 0.25) is 0 Å². The largest absolute Gasteiger partial charge is 0.349 e. The lowest BCUT2D eigenvalue weighted by atomic mass is 10.1. The number of likely N-dealkylation sites (N-methyl/N-ethyl adjacent to an activating group) is 1. The van der Waals surface area contributed by atoms with Gasteiger partial charge in [-0.3, -0.25) is 19.4 Å². The predicted molar refractivity (Wildman–Crippen MR) is 124 cm³/mol. The van der Waals surface area contributed by atoms with Gasteiger partial charge in [0.25, 0.3) is 5.92 Å². The highest BCUT2D eigenvalue weighted by Gasteiger charge is 2.37. The van der Waals surface area contributed by atoms with Crippen molar-refractivity contribution in [3.63, 3.8) is 0 Å². The third-order valence-corrected chi connectivity index (χ3v) is 6.02. The predicted octanol–water partition coefficient (Wildman–Crippen LogP) is 2.05. The zero-order valence-corrected chi connectivity index (χ0v) is 19.4. The molecule has 5 rings (SSSR count). The van der Waals surface area contributed by atoms with Crippen molar-refractivity contribution in [2.24, 2.45) is 11.7 Å². The smallest absolute Gasteiger partial charge is 0.331 e. The first-order valence-corrected chi connectivity index (χ1v) is 11.2. The third-order valence-electron chi connectivity index (χ3n) is 6.02. The summed E-state index contributed by atoms with van der Waals surface area (Å²) in [6, 6.07) is 2.02. The van der Waals surface area contributed by atoms with Gasteiger partial charge < -0.3 is 20.8 Å². The van der Waals surface area contributed by atoms with E-state index in [4.69, 9.17) is 5.73 Å². The van der Waals surface area contributed by atoms with Crippen LogP contribution < -0.4 is 21.3 Å². The van der Waals surface area contributed by atoms with Crippen molar-refractivity contribution in [2.75, 3.05) is 29.1 Å². The lowest BCUT2D eigenvalue weighted by Gasteiger charge is -2.19. The molecule has 3 aromatic rings. The monoisotopic (exact) mass is 499 g/mol. The second-order valence-electron chi connectivity index (χ2n) is 8.89. The highest BCUT2D eigenvalue weighted by Crippen LogP contribution is 2.34. The van der Waals surface area contributed by atoms with Gasteiger partial charge in [0.05, 0.1) is 11.4 Å². The van der Waals surface area contributed by atoms with Crippen LogP contribution >= 0.6 is 0 Å². The summed E-state index contributed by atoms with van der Waals surface area (Å²) in [6.45, 7) is 0.438. The highest BCUT2D eigenvalue weighted by atomic mass is 19.3. The number of carbonyl (C=O) groups excluding carboxylic acids is 3. The summed E-state index contributed by atoms with van der Waals surface area (Å²) in [5, 5.41) is 5.66. The Hall–Kier alpha value is -4.20. The Morgan fingerprint density at radius 3 is 2.56 bits per heavy atom. The summed E-state index contributed by atoms with van der Waals surface area (Å²) in [6.07, 6.45) is 4.69. The van der Waals surface area contributed by atoms with Crippen LogP contribution in [0.1, 0.15) is 37.2 Å². The molecule has 2 fully saturated rings. The topological polar surface area (TPSA) is 151 Å². The number of imidazole rings is 1. The van der Waals surface area contributed by atoms with Crippen LogP contribution in [0, 0.1) is 5.92 Å². The Bertz CT molecular complexity index is 1380. The molecule has 14 heteroatoms. The number of nitrogens with zero attached hydrogens (tertiary/aromatic N) is 6. The molecule has 0 radical (unpaired) electrons. The fourth-order valence-electron chi connectivity index (χ4n) is 3.78. The molecule has 36 heavy (non-hydrogen) atoms. The number of alkyl halides is 2. The number of aromatic nitrogens is 4. The highest BCUT2D eigenvalue weighted by molar-refractivity contribution is 6.13. The average Bonchev–Trinajstić information content (AvgIpc) is 3.53. The van der Waals surface area contributed by atoms with Crippen molar-refractivity contribution in [3.8, 4) is 0 Å². The van der Waals surface area contributed by atoms with Gasteiger partial charge in [0.1, 0.15) is 30.7 Å². The number of urea groups is 1. The number of hydrogen-bond donors (Lipinski definition) is 3. The number of nitrogens with one attached hydrogen (secondary N) is 2. The fourth-order valence-corrected chi connectivity index (χ4v) is 3.78. The SMILES string of the molecule is CN1C(=O)CN(c2cc(C(C)(F)F)cn3cc([C@@H](N)Nc4cc(NC(=O)C5CC5)ncn4)nc23)C1=O. The number of halogens is 2. The molecule has 188 valence electrons. The third kappa shape index (κ3) is 4.42. The molecule has 3 aromatic heterocycles. The van der Waals surface area contributed by atoms with Crippen LogP contribution in [-0.4, -0.2) is 55.7 Å². The molecule has 4 N–H and O–H groups in total. The molecule has 1 atom stereocenters. The van der Waals surface area contributed by atoms with Crippen molar-refractivity contribution in [2.45, 2.75) is 31.9 Å². The van der Waals surface area contributed by atoms with E-state index in [1.165, 1.54) is 36.2 Å². The summed E-state index contributed by atoms with van der Waals surface area (Å²) in [5.74, 6) is -3.17. The zero-order chi connectivity index (χ0) is 25.8. The zero-order valence-electron chi connectivity index (χ0n) is 19.4. The van der Waals surface area contributed by atoms with E-state index < -0.39 is 24.0 Å². The van der Waals surface area contributed by atoms with Gasteiger partial charge in [-0.25, -0.2) is 28.5 Å². The quantitative estimate of drug-likeness (QED) is 0.330. The Morgan fingerprint density at radius 2 is 1.92 bits per heavy atom. The van der Waals surface area contributed by atoms with E-state index in [1.807, 2.05) is 0 Å². The van der Waals surface area contributed by atoms with Gasteiger partial charge in [0.15, 0.2) is 5.65 Å². The number of carbonyl (C=O) groups is 3. The molecule has 0 bridgehead atoms. The van der Waals surface area contributed by atoms with Crippen molar-refractivity contribution in [1.29, 1.82) is 0 Å². The van der Waals surface area contributed by atoms with Crippen LogP contribution in [-0.2, 0) is 15.5 Å². The summed E-state index contributed by atoms with van der Waals surface area (Å²) in [7, 11) is 1.32. The first-order chi connectivity index (χ1) is 17.0. The average molecular weight is 499 g/mol. The van der Waals surface area contributed by atoms with Crippen LogP contribution in [0.15, 0.2) is 30.9 Å². The first-order valence-electron chi connectivity index (χ1n) is 11.2. The van der Waals surface area contributed by atoms with Gasteiger partial charge in [0.2, 0.25) is 11.8 Å². The minimum Gasteiger partial charge on any atom is -0.349 e. The van der Waals surface area contributed by atoms with Crippen LogP contribution in [0.5, 0.6) is 0 Å². The van der Waals surface area contributed by atoms with E-state index in [0.717, 1.165) is 35.6 Å². The number of pyridine rings is 1. The number of hydrogen-bond acceptors (Lipinski definition) is 8. The minimum absolute atomic E-state index is 0.00348. The molecule has 1 aliphatic carbocycles. The summed E-state index contributed by atoms with van der Waals surface area (Å²) in [5.41, 5.74) is 6.41. The van der Waals surface area contributed by atoms with Gasteiger partial charge in [0, 0.05) is 43.9 Å². The van der Waals surface area contributed by atoms with Crippen molar-refractivity contribution in [1.82, 2.24) is 24.3 Å². The molecule has 2 aliphatic rings. The Labute approximate surface area is 203 Å². The number of rotatable bonds is 7. The Kier molecular flexibility index (Phi) is 5.54. The molecule has 1 saturated carbocycles. The molecule has 4 amide bonds. The minimum atomic E-state index is -3.21. The van der Waals surface area contributed by atoms with Crippen LogP contribution in [0.25, 0.3) is 5.65 Å².